The van der Waals surface area contributed by atoms with Crippen molar-refractivity contribution in [2.45, 2.75) is 90.8 Å². The Morgan fingerprint density at radius 2 is 1.76 bits per heavy atom. The van der Waals surface area contributed by atoms with Crippen molar-refractivity contribution in [2.75, 3.05) is 6.61 Å². The largest absolute Gasteiger partial charge is 0.377 e. The van der Waals surface area contributed by atoms with Gasteiger partial charge in [-0.3, -0.25) is 0 Å². The maximum Gasteiger partial charge on any atom is 0.164 e. The van der Waals surface area contributed by atoms with Gasteiger partial charge in [-0.15, -0.1) is 0 Å². The van der Waals surface area contributed by atoms with Gasteiger partial charge in [0.1, 0.15) is 0 Å². The lowest BCUT2D eigenvalue weighted by Crippen LogP contribution is -2.33. The van der Waals surface area contributed by atoms with Crippen molar-refractivity contribution in [1.82, 2.24) is 0 Å². The van der Waals surface area contributed by atoms with Crippen LogP contribution in [-0.2, 0) is 20.8 Å². The lowest BCUT2D eigenvalue weighted by Gasteiger charge is -2.24. The average molecular weight is 349 g/mol. The Labute approximate surface area is 154 Å². The molecule has 1 aromatic carbocycles. The molecule has 0 N–H and O–H groups in total. The molecule has 2 rings (SSSR count). The molecule has 1 fully saturated rings. The van der Waals surface area contributed by atoms with Gasteiger partial charge in [0.25, 0.3) is 0 Å². The van der Waals surface area contributed by atoms with Crippen molar-refractivity contribution in [1.29, 1.82) is 0 Å². The fraction of sp³-hybridized carbons (Fsp3) is 0.727. The molecule has 1 heterocycles. The fourth-order valence-electron chi connectivity index (χ4n) is 3.63. The van der Waals surface area contributed by atoms with Gasteiger partial charge < -0.3 is 14.2 Å². The smallest absolute Gasteiger partial charge is 0.164 e. The second-order valence-corrected chi connectivity index (χ2v) is 8.43. The molecular formula is C22H36O3. The monoisotopic (exact) mass is 348 g/mol. The molecule has 1 aliphatic rings. The molecule has 0 bridgehead atoms. The topological polar surface area (TPSA) is 27.7 Å². The van der Waals surface area contributed by atoms with Crippen LogP contribution < -0.4 is 0 Å². The molecule has 0 aromatic heterocycles. The average Bonchev–Trinajstić information content (AvgIpc) is 2.76. The van der Waals surface area contributed by atoms with Crippen molar-refractivity contribution in [3.05, 3.63) is 35.9 Å². The van der Waals surface area contributed by atoms with Crippen LogP contribution in [0.3, 0.4) is 0 Å². The van der Waals surface area contributed by atoms with Crippen molar-refractivity contribution < 1.29 is 14.2 Å². The molecule has 1 saturated heterocycles. The van der Waals surface area contributed by atoms with Crippen molar-refractivity contribution in [2.24, 2.45) is 5.92 Å². The molecule has 2 atom stereocenters. The molecule has 25 heavy (non-hydrogen) atoms. The summed E-state index contributed by atoms with van der Waals surface area (Å²) in [6.07, 6.45) is 6.11. The molecule has 0 aliphatic carbocycles. The summed E-state index contributed by atoms with van der Waals surface area (Å²) in [6.45, 7) is 12.2. The SMILES string of the molecule is C[C@@H](CCCC[C@H]1OC(C)(C)OC1(C)C)CCOCc1ccccc1. The molecular weight excluding hydrogens is 312 g/mol. The molecule has 142 valence electrons. The van der Waals surface area contributed by atoms with Crippen LogP contribution in [0, 0.1) is 5.92 Å². The lowest BCUT2D eigenvalue weighted by atomic mass is 9.94. The van der Waals surface area contributed by atoms with E-state index < -0.39 is 5.79 Å². The van der Waals surface area contributed by atoms with E-state index in [1.807, 2.05) is 19.9 Å². The quantitative estimate of drug-likeness (QED) is 0.506. The maximum atomic E-state index is 6.05. The van der Waals surface area contributed by atoms with Gasteiger partial charge in [-0.25, -0.2) is 0 Å². The second-order valence-electron chi connectivity index (χ2n) is 8.43. The Morgan fingerprint density at radius 3 is 2.40 bits per heavy atom. The van der Waals surface area contributed by atoms with Crippen LogP contribution in [0.15, 0.2) is 30.3 Å². The van der Waals surface area contributed by atoms with Crippen LogP contribution in [0.5, 0.6) is 0 Å². The van der Waals surface area contributed by atoms with Gasteiger partial charge in [-0.1, -0.05) is 56.5 Å². The highest BCUT2D eigenvalue weighted by Gasteiger charge is 2.46. The third-order valence-electron chi connectivity index (χ3n) is 4.99. The van der Waals surface area contributed by atoms with E-state index in [4.69, 9.17) is 14.2 Å². The van der Waals surface area contributed by atoms with Crippen molar-refractivity contribution in [3.8, 4) is 0 Å². The van der Waals surface area contributed by atoms with Crippen molar-refractivity contribution in [3.63, 3.8) is 0 Å². The number of hydrogen-bond donors (Lipinski definition) is 0. The zero-order valence-corrected chi connectivity index (χ0v) is 16.7. The summed E-state index contributed by atoms with van der Waals surface area (Å²) in [5, 5.41) is 0. The first-order chi connectivity index (χ1) is 11.8. The van der Waals surface area contributed by atoms with Crippen LogP contribution in [0.2, 0.25) is 0 Å². The normalized spacial score (nSPS) is 22.8. The zero-order chi connectivity index (χ0) is 18.3. The molecule has 0 spiro atoms. The van der Waals surface area contributed by atoms with Gasteiger partial charge in [-0.05, 0) is 52.0 Å². The van der Waals surface area contributed by atoms with Gasteiger partial charge in [0.2, 0.25) is 0 Å². The van der Waals surface area contributed by atoms with Gasteiger partial charge >= 0.3 is 0 Å². The summed E-state index contributed by atoms with van der Waals surface area (Å²) >= 11 is 0. The minimum Gasteiger partial charge on any atom is -0.377 e. The van der Waals surface area contributed by atoms with Crippen LogP contribution in [-0.4, -0.2) is 24.1 Å². The Hall–Kier alpha value is -0.900. The first-order valence-electron chi connectivity index (χ1n) is 9.78. The number of rotatable bonds is 10. The Morgan fingerprint density at radius 1 is 1.04 bits per heavy atom. The van der Waals surface area contributed by atoms with Crippen molar-refractivity contribution >= 4 is 0 Å². The van der Waals surface area contributed by atoms with E-state index in [0.29, 0.717) is 5.92 Å². The predicted octanol–water partition coefficient (Wildman–Crippen LogP) is 5.72. The van der Waals surface area contributed by atoms with E-state index in [9.17, 15) is 0 Å². The molecule has 0 amide bonds. The minimum atomic E-state index is -0.447. The third kappa shape index (κ3) is 7.08. The fourth-order valence-corrected chi connectivity index (χ4v) is 3.63. The second kappa shape index (κ2) is 9.16. The predicted molar refractivity (Wildman–Crippen MR) is 102 cm³/mol. The summed E-state index contributed by atoms with van der Waals surface area (Å²) in [5.74, 6) is 0.262. The van der Waals surface area contributed by atoms with E-state index in [1.54, 1.807) is 0 Å². The summed E-state index contributed by atoms with van der Waals surface area (Å²) in [4.78, 5) is 0. The van der Waals surface area contributed by atoms with Gasteiger partial charge in [-0.2, -0.15) is 0 Å². The highest BCUT2D eigenvalue weighted by molar-refractivity contribution is 5.13. The number of ether oxygens (including phenoxy) is 3. The standard InChI is InChI=1S/C22H36O3/c1-18(15-16-23-17-19-12-7-6-8-13-19)11-9-10-14-20-21(2,3)25-22(4,5)24-20/h6-8,12-13,18,20H,9-11,14-17H2,1-5H3/t18-,20+/m0/s1. The molecule has 3 heteroatoms. The number of hydrogen-bond acceptors (Lipinski definition) is 3. The van der Waals surface area contributed by atoms with Crippen LogP contribution in [0.4, 0.5) is 0 Å². The third-order valence-corrected chi connectivity index (χ3v) is 4.99. The van der Waals surface area contributed by atoms with E-state index in [1.165, 1.54) is 24.8 Å². The van der Waals surface area contributed by atoms with Gasteiger partial charge in [0.05, 0.1) is 18.3 Å². The summed E-state index contributed by atoms with van der Waals surface area (Å²) in [5.41, 5.74) is 1.07. The van der Waals surface area contributed by atoms with E-state index >= 15 is 0 Å². The first kappa shape index (κ1) is 20.4. The Balaban J connectivity index is 1.53. The molecule has 0 radical (unpaired) electrons. The minimum absolute atomic E-state index is 0.180. The Bertz CT molecular complexity index is 495. The molecule has 3 nitrogen and oxygen atoms in total. The summed E-state index contributed by atoms with van der Waals surface area (Å²) in [6, 6.07) is 10.4. The van der Waals surface area contributed by atoms with Crippen LogP contribution in [0.25, 0.3) is 0 Å². The molecule has 1 aliphatic heterocycles. The maximum absolute atomic E-state index is 6.05. The highest BCUT2D eigenvalue weighted by Crippen LogP contribution is 2.38. The first-order valence-corrected chi connectivity index (χ1v) is 9.78. The highest BCUT2D eigenvalue weighted by atomic mass is 16.8. The zero-order valence-electron chi connectivity index (χ0n) is 16.7. The van der Waals surface area contributed by atoms with E-state index in [-0.39, 0.29) is 11.7 Å². The van der Waals surface area contributed by atoms with Gasteiger partial charge in [0, 0.05) is 6.61 Å². The van der Waals surface area contributed by atoms with Crippen LogP contribution >= 0.6 is 0 Å². The molecule has 0 unspecified atom stereocenters. The molecule has 1 aromatic rings. The lowest BCUT2D eigenvalue weighted by molar-refractivity contribution is -0.157. The summed E-state index contributed by atoms with van der Waals surface area (Å²) in [7, 11) is 0. The number of benzene rings is 1. The Kier molecular flexibility index (Phi) is 7.48. The van der Waals surface area contributed by atoms with Gasteiger partial charge in [0.15, 0.2) is 5.79 Å². The van der Waals surface area contributed by atoms with E-state index in [2.05, 4.69) is 45.0 Å². The number of unbranched alkanes of at least 4 members (excludes halogenated alkanes) is 1. The van der Waals surface area contributed by atoms with Crippen LogP contribution in [0.1, 0.15) is 72.3 Å². The summed E-state index contributed by atoms with van der Waals surface area (Å²) < 4.78 is 17.8. The molecule has 0 saturated carbocycles. The van der Waals surface area contributed by atoms with E-state index in [0.717, 1.165) is 26.1 Å².